The van der Waals surface area contributed by atoms with Gasteiger partial charge in [-0.25, -0.2) is 0 Å². The van der Waals surface area contributed by atoms with Crippen molar-refractivity contribution in [3.05, 3.63) is 52.5 Å². The number of aromatic amines is 1. The molecule has 1 N–H and O–H groups in total. The fourth-order valence-electron chi connectivity index (χ4n) is 3.31. The number of hydrogen-bond acceptors (Lipinski definition) is 3. The second kappa shape index (κ2) is 4.74. The van der Waals surface area contributed by atoms with Crippen molar-refractivity contribution in [2.45, 2.75) is 33.4 Å². The van der Waals surface area contributed by atoms with Gasteiger partial charge in [-0.05, 0) is 25.5 Å². The van der Waals surface area contributed by atoms with E-state index >= 15 is 0 Å². The third kappa shape index (κ3) is 2.07. The normalized spacial score (nSPS) is 15.5. The Balaban J connectivity index is 1.64. The zero-order chi connectivity index (χ0) is 14.4. The maximum absolute atomic E-state index is 5.28. The first kappa shape index (κ1) is 12.7. The minimum Gasteiger partial charge on any atom is -0.361 e. The molecule has 1 aliphatic heterocycles. The Morgan fingerprint density at radius 2 is 2.14 bits per heavy atom. The second-order valence-electron chi connectivity index (χ2n) is 5.89. The number of aryl methyl sites for hydroxylation is 2. The molecule has 21 heavy (non-hydrogen) atoms. The maximum atomic E-state index is 5.28. The van der Waals surface area contributed by atoms with E-state index in [0.717, 1.165) is 37.5 Å². The third-order valence-corrected chi connectivity index (χ3v) is 4.52. The zero-order valence-electron chi connectivity index (χ0n) is 12.4. The van der Waals surface area contributed by atoms with Crippen LogP contribution in [0, 0.1) is 13.8 Å². The Bertz CT molecular complexity index is 780. The quantitative estimate of drug-likeness (QED) is 0.783. The van der Waals surface area contributed by atoms with Crippen molar-refractivity contribution >= 4 is 10.9 Å². The highest BCUT2D eigenvalue weighted by Crippen LogP contribution is 2.28. The SMILES string of the molecule is Cc1noc(C)c1CN1CCc2[nH]c3ccccc3c2C1. The van der Waals surface area contributed by atoms with E-state index in [9.17, 15) is 0 Å². The second-order valence-corrected chi connectivity index (χ2v) is 5.89. The summed E-state index contributed by atoms with van der Waals surface area (Å²) in [5.74, 6) is 0.942. The number of nitrogens with zero attached hydrogens (tertiary/aromatic N) is 2. The van der Waals surface area contributed by atoms with Crippen LogP contribution in [0.1, 0.15) is 28.3 Å². The van der Waals surface area contributed by atoms with E-state index < -0.39 is 0 Å². The fraction of sp³-hybridized carbons (Fsp3) is 0.353. The molecular formula is C17H19N3O. The molecule has 0 amide bonds. The number of rotatable bonds is 2. The van der Waals surface area contributed by atoms with Crippen LogP contribution >= 0.6 is 0 Å². The highest BCUT2D eigenvalue weighted by molar-refractivity contribution is 5.84. The van der Waals surface area contributed by atoms with Gasteiger partial charge in [-0.15, -0.1) is 0 Å². The Kier molecular flexibility index (Phi) is 2.86. The molecule has 0 atom stereocenters. The molecule has 3 aromatic rings. The molecule has 0 saturated carbocycles. The number of hydrogen-bond donors (Lipinski definition) is 1. The average molecular weight is 281 g/mol. The van der Waals surface area contributed by atoms with Crippen molar-refractivity contribution in [1.29, 1.82) is 0 Å². The molecule has 0 fully saturated rings. The molecule has 1 aromatic carbocycles. The molecule has 0 unspecified atom stereocenters. The maximum Gasteiger partial charge on any atom is 0.138 e. The number of aromatic nitrogens is 2. The minimum absolute atomic E-state index is 0.917. The van der Waals surface area contributed by atoms with Crippen LogP contribution in [0.2, 0.25) is 0 Å². The van der Waals surface area contributed by atoms with Crippen LogP contribution in [0.5, 0.6) is 0 Å². The van der Waals surface area contributed by atoms with Gasteiger partial charge in [0, 0.05) is 48.2 Å². The van der Waals surface area contributed by atoms with Crippen molar-refractivity contribution < 1.29 is 4.52 Å². The van der Waals surface area contributed by atoms with E-state index in [1.165, 1.54) is 27.7 Å². The van der Waals surface area contributed by atoms with Gasteiger partial charge >= 0.3 is 0 Å². The van der Waals surface area contributed by atoms with Gasteiger partial charge < -0.3 is 9.51 Å². The molecule has 4 nitrogen and oxygen atoms in total. The van der Waals surface area contributed by atoms with Crippen LogP contribution in [0.4, 0.5) is 0 Å². The predicted octanol–water partition coefficient (Wildman–Crippen LogP) is 3.33. The Hall–Kier alpha value is -2.07. The standard InChI is InChI=1S/C17H19N3O/c1-11-14(12(2)21-19-11)9-20-8-7-17-15(10-20)13-5-3-4-6-16(13)18-17/h3-6,18H,7-10H2,1-2H3. The summed E-state index contributed by atoms with van der Waals surface area (Å²) in [6, 6.07) is 8.58. The van der Waals surface area contributed by atoms with Gasteiger partial charge in [-0.3, -0.25) is 4.90 Å². The van der Waals surface area contributed by atoms with Gasteiger partial charge in [-0.2, -0.15) is 0 Å². The molecular weight excluding hydrogens is 262 g/mol. The van der Waals surface area contributed by atoms with E-state index in [2.05, 4.69) is 39.3 Å². The van der Waals surface area contributed by atoms with Gasteiger partial charge in [0.2, 0.25) is 0 Å². The number of para-hydroxylation sites is 1. The first-order valence-corrected chi connectivity index (χ1v) is 7.45. The summed E-state index contributed by atoms with van der Waals surface area (Å²) in [6.07, 6.45) is 1.08. The molecule has 108 valence electrons. The summed E-state index contributed by atoms with van der Waals surface area (Å²) in [4.78, 5) is 6.04. The molecule has 4 heteroatoms. The van der Waals surface area contributed by atoms with Gasteiger partial charge in [0.05, 0.1) is 5.69 Å². The largest absolute Gasteiger partial charge is 0.361 e. The van der Waals surface area contributed by atoms with Crippen LogP contribution < -0.4 is 0 Å². The molecule has 0 bridgehead atoms. The van der Waals surface area contributed by atoms with E-state index in [1.807, 2.05) is 13.8 Å². The van der Waals surface area contributed by atoms with Crippen LogP contribution in [0.25, 0.3) is 10.9 Å². The minimum atomic E-state index is 0.917. The lowest BCUT2D eigenvalue weighted by molar-refractivity contribution is 0.243. The van der Waals surface area contributed by atoms with Gasteiger partial charge in [-0.1, -0.05) is 23.4 Å². The zero-order valence-corrected chi connectivity index (χ0v) is 12.4. The Morgan fingerprint density at radius 3 is 2.95 bits per heavy atom. The highest BCUT2D eigenvalue weighted by atomic mass is 16.5. The van der Waals surface area contributed by atoms with E-state index in [4.69, 9.17) is 4.52 Å². The van der Waals surface area contributed by atoms with Crippen LogP contribution in [0.3, 0.4) is 0 Å². The van der Waals surface area contributed by atoms with Crippen molar-refractivity contribution in [1.82, 2.24) is 15.0 Å². The highest BCUT2D eigenvalue weighted by Gasteiger charge is 2.22. The smallest absolute Gasteiger partial charge is 0.138 e. The van der Waals surface area contributed by atoms with Crippen molar-refractivity contribution in [3.63, 3.8) is 0 Å². The first-order valence-electron chi connectivity index (χ1n) is 7.45. The van der Waals surface area contributed by atoms with Crippen LogP contribution in [-0.2, 0) is 19.5 Å². The number of H-pyrrole nitrogens is 1. The van der Waals surface area contributed by atoms with E-state index in [1.54, 1.807) is 0 Å². The van der Waals surface area contributed by atoms with Crippen LogP contribution in [0.15, 0.2) is 28.8 Å². The van der Waals surface area contributed by atoms with Gasteiger partial charge in [0.25, 0.3) is 0 Å². The number of benzene rings is 1. The monoisotopic (exact) mass is 281 g/mol. The Labute approximate surface area is 123 Å². The molecule has 3 heterocycles. The molecule has 0 radical (unpaired) electrons. The predicted molar refractivity (Wildman–Crippen MR) is 82.1 cm³/mol. The van der Waals surface area contributed by atoms with Gasteiger partial charge in [0.15, 0.2) is 0 Å². The Morgan fingerprint density at radius 1 is 1.29 bits per heavy atom. The average Bonchev–Trinajstić information content (AvgIpc) is 3.02. The summed E-state index contributed by atoms with van der Waals surface area (Å²) in [5, 5.41) is 5.42. The topological polar surface area (TPSA) is 45.1 Å². The van der Waals surface area contributed by atoms with E-state index in [0.29, 0.717) is 0 Å². The molecule has 2 aromatic heterocycles. The summed E-state index contributed by atoms with van der Waals surface area (Å²) < 4.78 is 5.28. The van der Waals surface area contributed by atoms with Crippen molar-refractivity contribution in [3.8, 4) is 0 Å². The molecule has 0 saturated heterocycles. The fourth-order valence-corrected chi connectivity index (χ4v) is 3.31. The summed E-state index contributed by atoms with van der Waals surface area (Å²) in [7, 11) is 0. The lowest BCUT2D eigenvalue weighted by atomic mass is 10.0. The van der Waals surface area contributed by atoms with Crippen LogP contribution in [-0.4, -0.2) is 21.6 Å². The van der Waals surface area contributed by atoms with E-state index in [-0.39, 0.29) is 0 Å². The lowest BCUT2D eigenvalue weighted by Gasteiger charge is -2.26. The number of nitrogens with one attached hydrogen (secondary N) is 1. The molecule has 0 spiro atoms. The third-order valence-electron chi connectivity index (χ3n) is 4.52. The number of fused-ring (bicyclic) bond motifs is 3. The van der Waals surface area contributed by atoms with Gasteiger partial charge in [0.1, 0.15) is 5.76 Å². The summed E-state index contributed by atoms with van der Waals surface area (Å²) in [5.41, 5.74) is 6.34. The van der Waals surface area contributed by atoms with Crippen molar-refractivity contribution in [2.75, 3.05) is 6.54 Å². The molecule has 4 rings (SSSR count). The first-order chi connectivity index (χ1) is 10.2. The summed E-state index contributed by atoms with van der Waals surface area (Å²) in [6.45, 7) is 7.00. The summed E-state index contributed by atoms with van der Waals surface area (Å²) >= 11 is 0. The molecule has 0 aliphatic carbocycles. The van der Waals surface area contributed by atoms with Crippen molar-refractivity contribution in [2.24, 2.45) is 0 Å². The lowest BCUT2D eigenvalue weighted by Crippen LogP contribution is -2.30. The molecule has 1 aliphatic rings.